The third-order valence-corrected chi connectivity index (χ3v) is 0.204. The van der Waals surface area contributed by atoms with Crippen molar-refractivity contribution in [2.75, 3.05) is 13.2 Å². The minimum atomic E-state index is 0. The predicted molar refractivity (Wildman–Crippen MR) is 13.0 cm³/mol. The Morgan fingerprint density at radius 3 is 1.40 bits per heavy atom. The zero-order chi connectivity index (χ0) is 2.12. The topological polar surface area (TPSA) is 12.5 Å². The van der Waals surface area contributed by atoms with E-state index in [-0.39, 0.29) is 40.6 Å². The molecule has 22 valence electrons. The van der Waals surface area contributed by atoms with Crippen molar-refractivity contribution in [1.29, 1.82) is 0 Å². The number of ether oxygens (including phenoxy) is 1. The van der Waals surface area contributed by atoms with E-state index < -0.39 is 0 Å². The second kappa shape index (κ2) is 5.15. The predicted octanol–water partition coefficient (Wildman–Crippen LogP) is -5.75. The van der Waals surface area contributed by atoms with Crippen LogP contribution in [0, 0.1) is 0 Å². The van der Waals surface area contributed by atoms with E-state index in [1.165, 1.54) is 0 Å². The minimum Gasteiger partial charge on any atom is -1.00 e. The molecule has 1 nitrogen and oxygen atoms in total. The Morgan fingerprint density at radius 1 is 1.20 bits per heavy atom. The second-order valence-corrected chi connectivity index (χ2v) is 0.612. The van der Waals surface area contributed by atoms with Gasteiger partial charge in [-0.25, -0.2) is 0 Å². The average Bonchev–Trinajstić information content (AvgIpc) is 1.46. The first-order chi connectivity index (χ1) is 1.50. The summed E-state index contributed by atoms with van der Waals surface area (Å²) >= 11 is 0. The summed E-state index contributed by atoms with van der Waals surface area (Å²) in [6.45, 7) is 2.00. The van der Waals surface area contributed by atoms with Crippen molar-refractivity contribution >= 4 is 0 Å². The van der Waals surface area contributed by atoms with E-state index in [4.69, 9.17) is 0 Å². The fraction of sp³-hybridized carbons (Fsp3) is 1.00. The molecule has 0 aromatic rings. The molecule has 0 bridgehead atoms. The van der Waals surface area contributed by atoms with E-state index in [1.54, 1.807) is 0 Å². The van der Waals surface area contributed by atoms with Gasteiger partial charge in [-0.15, -0.1) is 0 Å². The van der Waals surface area contributed by atoms with Crippen molar-refractivity contribution in [1.82, 2.24) is 0 Å². The van der Waals surface area contributed by atoms with Crippen LogP contribution in [0.25, 0.3) is 0 Å². The van der Waals surface area contributed by atoms with Crippen LogP contribution in [0.4, 0.5) is 0 Å². The van der Waals surface area contributed by atoms with Crippen molar-refractivity contribution in [2.45, 2.75) is 0 Å². The summed E-state index contributed by atoms with van der Waals surface area (Å²) < 4.78 is 4.50. The van der Waals surface area contributed by atoms with E-state index in [0.717, 1.165) is 13.2 Å². The van der Waals surface area contributed by atoms with Crippen molar-refractivity contribution in [2.24, 2.45) is 0 Å². The normalized spacial score (nSPS) is 14.4. The first-order valence-corrected chi connectivity index (χ1v) is 1.08. The molecule has 1 aliphatic rings. The number of hydrogen-bond donors (Lipinski definition) is 0. The molecule has 3 heteroatoms. The summed E-state index contributed by atoms with van der Waals surface area (Å²) in [5.41, 5.74) is 0. The first kappa shape index (κ1) is 9.47. The van der Waals surface area contributed by atoms with E-state index in [9.17, 15) is 0 Å². The SMILES string of the molecule is C1CO1.[H-].[H-].[Li+].[Li+]. The van der Waals surface area contributed by atoms with Crippen molar-refractivity contribution < 1.29 is 45.3 Å². The van der Waals surface area contributed by atoms with Gasteiger partial charge in [-0.1, -0.05) is 0 Å². The monoisotopic (exact) mass is 60.1 g/mol. The number of epoxide rings is 1. The average molecular weight is 60.0 g/mol. The van der Waals surface area contributed by atoms with Gasteiger partial charge >= 0.3 is 37.7 Å². The molecule has 0 aromatic carbocycles. The maximum Gasteiger partial charge on any atom is 1.00 e. The van der Waals surface area contributed by atoms with Crippen molar-refractivity contribution in [3.63, 3.8) is 0 Å². The van der Waals surface area contributed by atoms with Gasteiger partial charge in [-0.3, -0.25) is 0 Å². The van der Waals surface area contributed by atoms with E-state index in [2.05, 4.69) is 4.74 Å². The Hall–Kier alpha value is 1.15. The van der Waals surface area contributed by atoms with Crippen LogP contribution < -0.4 is 37.7 Å². The molecule has 0 amide bonds. The third kappa shape index (κ3) is 11.0. The molecule has 0 unspecified atom stereocenters. The zero-order valence-electron chi connectivity index (χ0n) is 5.82. The van der Waals surface area contributed by atoms with Gasteiger partial charge in [-0.2, -0.15) is 0 Å². The van der Waals surface area contributed by atoms with Gasteiger partial charge in [0.05, 0.1) is 13.2 Å². The van der Waals surface area contributed by atoms with Crippen molar-refractivity contribution in [3.8, 4) is 0 Å². The summed E-state index contributed by atoms with van der Waals surface area (Å²) in [6, 6.07) is 0. The molecule has 0 N–H and O–H groups in total. The Bertz CT molecular complexity index is 18.4. The molecule has 0 radical (unpaired) electrons. The molecule has 1 heterocycles. The fourth-order valence-electron chi connectivity index (χ4n) is 0. The Kier molecular flexibility index (Phi) is 9.77. The van der Waals surface area contributed by atoms with E-state index in [1.807, 2.05) is 0 Å². The summed E-state index contributed by atoms with van der Waals surface area (Å²) in [5.74, 6) is 0. The van der Waals surface area contributed by atoms with Crippen LogP contribution in [-0.2, 0) is 4.74 Å². The number of rotatable bonds is 0. The van der Waals surface area contributed by atoms with E-state index in [0.29, 0.717) is 0 Å². The molecule has 0 aliphatic carbocycles. The first-order valence-electron chi connectivity index (χ1n) is 1.08. The summed E-state index contributed by atoms with van der Waals surface area (Å²) in [4.78, 5) is 0. The van der Waals surface area contributed by atoms with Gasteiger partial charge < -0.3 is 7.59 Å². The summed E-state index contributed by atoms with van der Waals surface area (Å²) in [5, 5.41) is 0. The Balaban J connectivity index is -0.0000000112. The molecule has 0 atom stereocenters. The van der Waals surface area contributed by atoms with Crippen LogP contribution in [0.15, 0.2) is 0 Å². The summed E-state index contributed by atoms with van der Waals surface area (Å²) in [7, 11) is 0. The van der Waals surface area contributed by atoms with Crippen LogP contribution in [-0.4, -0.2) is 13.2 Å². The van der Waals surface area contributed by atoms with Gasteiger partial charge in [-0.05, 0) is 0 Å². The molecule has 1 fully saturated rings. The molecular formula is C2H6Li2O. The maximum absolute atomic E-state index is 4.50. The molecule has 1 rings (SSSR count). The second-order valence-electron chi connectivity index (χ2n) is 0.612. The van der Waals surface area contributed by atoms with Gasteiger partial charge in [0.1, 0.15) is 0 Å². The maximum atomic E-state index is 4.50. The molecular weight excluding hydrogens is 53.9 g/mol. The standard InChI is InChI=1S/C2H4O.2Li.2H/c1-2-3-1;;;;/h1-2H2;;;;/q;2*+1;2*-1. The van der Waals surface area contributed by atoms with Crippen LogP contribution in [0.3, 0.4) is 0 Å². The van der Waals surface area contributed by atoms with Gasteiger partial charge in [0, 0.05) is 0 Å². The van der Waals surface area contributed by atoms with Gasteiger partial charge in [0.15, 0.2) is 0 Å². The zero-order valence-corrected chi connectivity index (χ0v) is 3.82. The largest absolute Gasteiger partial charge is 1.00 e. The Morgan fingerprint density at radius 2 is 1.40 bits per heavy atom. The molecule has 0 saturated carbocycles. The van der Waals surface area contributed by atoms with Crippen LogP contribution in [0.1, 0.15) is 2.85 Å². The molecule has 1 aliphatic heterocycles. The van der Waals surface area contributed by atoms with Crippen LogP contribution in [0.5, 0.6) is 0 Å². The molecule has 1 saturated heterocycles. The summed E-state index contributed by atoms with van der Waals surface area (Å²) in [6.07, 6.45) is 0. The number of hydrogen-bond acceptors (Lipinski definition) is 1. The minimum absolute atomic E-state index is 0. The van der Waals surface area contributed by atoms with Crippen LogP contribution >= 0.6 is 0 Å². The third-order valence-electron chi connectivity index (χ3n) is 0.204. The molecule has 5 heavy (non-hydrogen) atoms. The van der Waals surface area contributed by atoms with Crippen LogP contribution in [0.2, 0.25) is 0 Å². The Labute approximate surface area is 58.8 Å². The van der Waals surface area contributed by atoms with Gasteiger partial charge in [0.2, 0.25) is 0 Å². The fourth-order valence-corrected chi connectivity index (χ4v) is 0. The smallest absolute Gasteiger partial charge is 1.00 e. The van der Waals surface area contributed by atoms with E-state index >= 15 is 0 Å². The van der Waals surface area contributed by atoms with Gasteiger partial charge in [0.25, 0.3) is 0 Å². The van der Waals surface area contributed by atoms with Crippen molar-refractivity contribution in [3.05, 3.63) is 0 Å². The quantitative estimate of drug-likeness (QED) is 0.200. The molecule has 0 aromatic heterocycles. The molecule has 0 spiro atoms.